The molecule has 0 bridgehead atoms. The fourth-order valence-corrected chi connectivity index (χ4v) is 4.07. The Balaban J connectivity index is 1.40. The molecule has 0 aromatic heterocycles. The lowest BCUT2D eigenvalue weighted by atomic mass is 9.72. The van der Waals surface area contributed by atoms with Crippen LogP contribution in [-0.2, 0) is 0 Å². The van der Waals surface area contributed by atoms with Crippen LogP contribution in [0.2, 0.25) is 0 Å². The van der Waals surface area contributed by atoms with E-state index < -0.39 is 0 Å². The van der Waals surface area contributed by atoms with E-state index in [4.69, 9.17) is 0 Å². The summed E-state index contributed by atoms with van der Waals surface area (Å²) in [6.45, 7) is 8.36. The molecule has 0 aromatic rings. The largest absolute Gasteiger partial charge is 0.303 e. The minimum Gasteiger partial charge on any atom is -0.303 e. The summed E-state index contributed by atoms with van der Waals surface area (Å²) in [7, 11) is 0. The first-order valence-corrected chi connectivity index (χ1v) is 8.36. The van der Waals surface area contributed by atoms with Crippen molar-refractivity contribution in [3.05, 3.63) is 0 Å². The summed E-state index contributed by atoms with van der Waals surface area (Å²) in [6, 6.07) is 0. The van der Waals surface area contributed by atoms with Gasteiger partial charge in [-0.25, -0.2) is 0 Å². The second-order valence-corrected chi connectivity index (χ2v) is 6.82. The van der Waals surface area contributed by atoms with Gasteiger partial charge in [0.15, 0.2) is 0 Å². The molecule has 3 aliphatic rings. The Kier molecular flexibility index (Phi) is 4.58. The van der Waals surface area contributed by atoms with Gasteiger partial charge in [0, 0.05) is 13.1 Å². The zero-order valence-electron chi connectivity index (χ0n) is 11.9. The van der Waals surface area contributed by atoms with Gasteiger partial charge in [0.2, 0.25) is 0 Å². The number of nitrogens with zero attached hydrogens (tertiary/aromatic N) is 2. The van der Waals surface area contributed by atoms with Gasteiger partial charge in [0.05, 0.1) is 0 Å². The summed E-state index contributed by atoms with van der Waals surface area (Å²) in [4.78, 5) is 5.49. The maximum atomic E-state index is 2.75. The molecule has 2 atom stereocenters. The number of likely N-dealkylation sites (tertiary alicyclic amines) is 2. The molecular formula is C16H30N2. The van der Waals surface area contributed by atoms with Gasteiger partial charge in [-0.2, -0.15) is 0 Å². The molecule has 2 heteroatoms. The van der Waals surface area contributed by atoms with Gasteiger partial charge in [-0.05, 0) is 76.5 Å². The molecule has 1 saturated carbocycles. The second-order valence-electron chi connectivity index (χ2n) is 6.82. The third-order valence-electron chi connectivity index (χ3n) is 5.46. The van der Waals surface area contributed by atoms with Crippen molar-refractivity contribution < 1.29 is 0 Å². The van der Waals surface area contributed by atoms with E-state index in [0.717, 1.165) is 11.8 Å². The van der Waals surface area contributed by atoms with Gasteiger partial charge in [0.1, 0.15) is 0 Å². The van der Waals surface area contributed by atoms with Gasteiger partial charge in [-0.3, -0.25) is 0 Å². The average molecular weight is 250 g/mol. The molecule has 2 nitrogen and oxygen atoms in total. The molecule has 0 spiro atoms. The van der Waals surface area contributed by atoms with Crippen molar-refractivity contribution in [3.8, 4) is 0 Å². The first kappa shape index (κ1) is 12.9. The Labute approximate surface area is 113 Å². The zero-order valence-corrected chi connectivity index (χ0v) is 11.9. The monoisotopic (exact) mass is 250 g/mol. The molecule has 18 heavy (non-hydrogen) atoms. The fourth-order valence-electron chi connectivity index (χ4n) is 4.07. The van der Waals surface area contributed by atoms with E-state index in [1.807, 2.05) is 0 Å². The van der Waals surface area contributed by atoms with E-state index in [2.05, 4.69) is 9.80 Å². The summed E-state index contributed by atoms with van der Waals surface area (Å²) in [5, 5.41) is 0. The molecule has 0 aromatic carbocycles. The van der Waals surface area contributed by atoms with Gasteiger partial charge in [-0.1, -0.05) is 12.8 Å². The van der Waals surface area contributed by atoms with Crippen LogP contribution >= 0.6 is 0 Å². The van der Waals surface area contributed by atoms with Gasteiger partial charge < -0.3 is 9.80 Å². The highest BCUT2D eigenvalue weighted by Crippen LogP contribution is 2.36. The molecule has 2 saturated heterocycles. The standard InChI is InChI=1S/C16H30N2/c1-3-9-17(10-4-1)13-15-7-8-16(15)14-18-11-5-2-6-12-18/h15-16H,1-14H2. The molecule has 1 aliphatic carbocycles. The highest BCUT2D eigenvalue weighted by molar-refractivity contribution is 4.86. The highest BCUT2D eigenvalue weighted by Gasteiger charge is 2.33. The van der Waals surface area contributed by atoms with E-state index in [9.17, 15) is 0 Å². The summed E-state index contributed by atoms with van der Waals surface area (Å²) < 4.78 is 0. The average Bonchev–Trinajstić information content (AvgIpc) is 2.43. The Morgan fingerprint density at radius 3 is 1.28 bits per heavy atom. The number of hydrogen-bond donors (Lipinski definition) is 0. The number of rotatable bonds is 4. The van der Waals surface area contributed by atoms with Crippen LogP contribution in [0.5, 0.6) is 0 Å². The van der Waals surface area contributed by atoms with Crippen molar-refractivity contribution in [2.45, 2.75) is 51.4 Å². The first-order valence-electron chi connectivity index (χ1n) is 8.36. The van der Waals surface area contributed by atoms with E-state index in [0.29, 0.717) is 0 Å². The van der Waals surface area contributed by atoms with Crippen LogP contribution < -0.4 is 0 Å². The van der Waals surface area contributed by atoms with E-state index >= 15 is 0 Å². The molecular weight excluding hydrogens is 220 g/mol. The van der Waals surface area contributed by atoms with Crippen LogP contribution in [-0.4, -0.2) is 49.1 Å². The normalized spacial score (nSPS) is 35.3. The Hall–Kier alpha value is -0.0800. The summed E-state index contributed by atoms with van der Waals surface area (Å²) >= 11 is 0. The van der Waals surface area contributed by atoms with Crippen LogP contribution in [0, 0.1) is 11.8 Å². The van der Waals surface area contributed by atoms with Crippen molar-refractivity contribution >= 4 is 0 Å². The highest BCUT2D eigenvalue weighted by atomic mass is 15.1. The topological polar surface area (TPSA) is 6.48 Å². The number of hydrogen-bond acceptors (Lipinski definition) is 2. The van der Waals surface area contributed by atoms with Crippen molar-refractivity contribution in [1.29, 1.82) is 0 Å². The van der Waals surface area contributed by atoms with Crippen LogP contribution in [0.4, 0.5) is 0 Å². The summed E-state index contributed by atoms with van der Waals surface area (Å²) in [5.41, 5.74) is 0. The second kappa shape index (κ2) is 6.38. The maximum absolute atomic E-state index is 2.75. The SMILES string of the molecule is C1CCN(CC2CCC2CN2CCCCC2)CC1. The van der Waals surface area contributed by atoms with Crippen LogP contribution in [0.1, 0.15) is 51.4 Å². The summed E-state index contributed by atoms with van der Waals surface area (Å²) in [5.74, 6) is 2.06. The first-order chi connectivity index (χ1) is 8.92. The molecule has 2 heterocycles. The Morgan fingerprint density at radius 1 is 0.556 bits per heavy atom. The zero-order chi connectivity index (χ0) is 12.2. The molecule has 2 unspecified atom stereocenters. The molecule has 3 rings (SSSR count). The Morgan fingerprint density at radius 2 is 0.944 bits per heavy atom. The van der Waals surface area contributed by atoms with Crippen molar-refractivity contribution in [1.82, 2.24) is 9.80 Å². The smallest absolute Gasteiger partial charge is 0.00128 e. The van der Waals surface area contributed by atoms with E-state index in [-0.39, 0.29) is 0 Å². The minimum atomic E-state index is 1.03. The van der Waals surface area contributed by atoms with Gasteiger partial charge in [0.25, 0.3) is 0 Å². The summed E-state index contributed by atoms with van der Waals surface area (Å²) in [6.07, 6.45) is 11.8. The number of piperidine rings is 2. The van der Waals surface area contributed by atoms with Crippen molar-refractivity contribution in [3.63, 3.8) is 0 Å². The Bertz CT molecular complexity index is 215. The lowest BCUT2D eigenvalue weighted by Crippen LogP contribution is -2.45. The lowest BCUT2D eigenvalue weighted by Gasteiger charge is -2.43. The molecule has 0 amide bonds. The van der Waals surface area contributed by atoms with E-state index in [1.54, 1.807) is 0 Å². The fraction of sp³-hybridized carbons (Fsp3) is 1.00. The van der Waals surface area contributed by atoms with Crippen LogP contribution in [0.25, 0.3) is 0 Å². The van der Waals surface area contributed by atoms with Crippen LogP contribution in [0.15, 0.2) is 0 Å². The van der Waals surface area contributed by atoms with Gasteiger partial charge in [-0.15, -0.1) is 0 Å². The predicted molar refractivity (Wildman–Crippen MR) is 76.8 cm³/mol. The quantitative estimate of drug-likeness (QED) is 0.757. The molecule has 3 fully saturated rings. The molecule has 2 aliphatic heterocycles. The minimum absolute atomic E-state index is 1.03. The maximum Gasteiger partial charge on any atom is 0.00128 e. The predicted octanol–water partition coefficient (Wildman–Crippen LogP) is 2.98. The van der Waals surface area contributed by atoms with Crippen LogP contribution in [0.3, 0.4) is 0 Å². The van der Waals surface area contributed by atoms with Gasteiger partial charge >= 0.3 is 0 Å². The third-order valence-corrected chi connectivity index (χ3v) is 5.46. The molecule has 0 radical (unpaired) electrons. The molecule has 104 valence electrons. The van der Waals surface area contributed by atoms with Crippen molar-refractivity contribution in [2.75, 3.05) is 39.3 Å². The third kappa shape index (κ3) is 3.27. The van der Waals surface area contributed by atoms with E-state index in [1.165, 1.54) is 90.6 Å². The molecule has 0 N–H and O–H groups in total. The lowest BCUT2D eigenvalue weighted by molar-refractivity contribution is 0.0609. The van der Waals surface area contributed by atoms with Crippen molar-refractivity contribution in [2.24, 2.45) is 11.8 Å².